The third-order valence-electron chi connectivity index (χ3n) is 6.44. The second-order valence-electron chi connectivity index (χ2n) is 9.05. The van der Waals surface area contributed by atoms with Gasteiger partial charge in [-0.1, -0.05) is 32.1 Å². The van der Waals surface area contributed by atoms with E-state index >= 15 is 0 Å². The van der Waals surface area contributed by atoms with E-state index in [1.807, 2.05) is 59.8 Å². The Morgan fingerprint density at radius 1 is 1.04 bits per heavy atom. The first-order valence-electron chi connectivity index (χ1n) is 9.41. The Labute approximate surface area is 160 Å². The minimum absolute atomic E-state index is 0.0117. The Kier molecular flexibility index (Phi) is 3.92. The zero-order valence-corrected chi connectivity index (χ0v) is 16.8. The molecule has 27 heavy (non-hydrogen) atoms. The average Bonchev–Trinajstić information content (AvgIpc) is 2.95. The van der Waals surface area contributed by atoms with E-state index in [9.17, 15) is 4.79 Å². The Hall–Kier alpha value is -1.99. The van der Waals surface area contributed by atoms with Crippen LogP contribution in [0, 0.1) is 11.3 Å². The van der Waals surface area contributed by atoms with Crippen LogP contribution in [-0.2, 0) is 14.1 Å². The predicted molar refractivity (Wildman–Crippen MR) is 104 cm³/mol. The zero-order valence-electron chi connectivity index (χ0n) is 16.8. The van der Waals surface area contributed by atoms with E-state index in [1.165, 1.54) is 0 Å². The number of rotatable bonds is 2. The Bertz CT molecular complexity index is 816. The Balaban J connectivity index is 1.73. The van der Waals surface area contributed by atoms with Gasteiger partial charge in [0.15, 0.2) is 0 Å². The van der Waals surface area contributed by atoms with Crippen LogP contribution in [0.15, 0.2) is 42.2 Å². The summed E-state index contributed by atoms with van der Waals surface area (Å²) < 4.78 is 12.6. The summed E-state index contributed by atoms with van der Waals surface area (Å²) in [5.74, 6) is 0.370. The Morgan fingerprint density at radius 3 is 2.22 bits per heavy atom. The van der Waals surface area contributed by atoms with E-state index in [2.05, 4.69) is 9.97 Å². The molecule has 6 nitrogen and oxygen atoms in total. The van der Waals surface area contributed by atoms with Crippen molar-refractivity contribution in [1.82, 2.24) is 9.97 Å². The number of hydrogen-bond acceptors (Lipinski definition) is 5. The lowest BCUT2D eigenvalue weighted by molar-refractivity contribution is -0.124. The van der Waals surface area contributed by atoms with Crippen molar-refractivity contribution in [2.45, 2.75) is 58.8 Å². The number of carbonyl (C=O) groups excluding carboxylic acids is 1. The first kappa shape index (κ1) is 18.4. The van der Waals surface area contributed by atoms with Gasteiger partial charge < -0.3 is 9.31 Å². The maximum absolute atomic E-state index is 13.3. The Morgan fingerprint density at radius 2 is 1.63 bits per heavy atom. The minimum atomic E-state index is -0.621. The normalized spacial score (nSPS) is 30.4. The largest absolute Gasteiger partial charge is 0.490 e. The first-order valence-corrected chi connectivity index (χ1v) is 9.41. The molecule has 1 aliphatic carbocycles. The van der Waals surface area contributed by atoms with Crippen LogP contribution in [0.5, 0.6) is 0 Å². The van der Waals surface area contributed by atoms with Crippen molar-refractivity contribution in [2.75, 3.05) is 4.90 Å². The number of fused-ring (bicyclic) bond motifs is 1. The van der Waals surface area contributed by atoms with Crippen molar-refractivity contribution in [3.05, 3.63) is 42.2 Å². The molecule has 4 rings (SSSR count). The highest BCUT2D eigenvalue weighted by Gasteiger charge is 2.61. The topological polar surface area (TPSA) is 64.6 Å². The molecule has 3 heterocycles. The van der Waals surface area contributed by atoms with Crippen LogP contribution in [0.2, 0.25) is 0 Å². The third-order valence-corrected chi connectivity index (χ3v) is 6.44. The molecule has 7 heteroatoms. The molecule has 2 fully saturated rings. The van der Waals surface area contributed by atoms with E-state index in [0.717, 1.165) is 5.47 Å². The number of anilines is 1. The number of hydrogen-bond donors (Lipinski definition) is 0. The van der Waals surface area contributed by atoms with Crippen molar-refractivity contribution in [3.8, 4) is 0 Å². The quantitative estimate of drug-likeness (QED) is 0.752. The maximum Gasteiger partial charge on any atom is 0.490 e. The number of aromatic nitrogens is 2. The smallest absolute Gasteiger partial charge is 0.400 e. The number of nitrogens with zero attached hydrogens (tertiary/aromatic N) is 3. The fraction of sp³-hybridized carbons (Fsp3) is 0.550. The van der Waals surface area contributed by atoms with Gasteiger partial charge in [-0.3, -0.25) is 9.69 Å². The SMILES string of the molecule is CC1(C)C(=O)N(c2ncccn2)C2C=CC=C(B3OC(C)(C)C(C)(C)O3)C21. The molecule has 0 bridgehead atoms. The summed E-state index contributed by atoms with van der Waals surface area (Å²) >= 11 is 0. The molecule has 0 spiro atoms. The fourth-order valence-electron chi connectivity index (χ4n) is 4.19. The van der Waals surface area contributed by atoms with Crippen molar-refractivity contribution in [2.24, 2.45) is 11.3 Å². The van der Waals surface area contributed by atoms with Crippen LogP contribution in [0.1, 0.15) is 41.5 Å². The number of amides is 1. The molecule has 0 radical (unpaired) electrons. The maximum atomic E-state index is 13.3. The van der Waals surface area contributed by atoms with Gasteiger partial charge in [0.05, 0.1) is 22.7 Å². The summed E-state index contributed by atoms with van der Waals surface area (Å²) in [7, 11) is -0.476. The third kappa shape index (κ3) is 2.59. The number of allylic oxidation sites excluding steroid dienone is 2. The summed E-state index contributed by atoms with van der Waals surface area (Å²) in [6.07, 6.45) is 9.38. The molecular formula is C20H26BN3O3. The van der Waals surface area contributed by atoms with Crippen LogP contribution in [-0.4, -0.2) is 40.2 Å². The monoisotopic (exact) mass is 367 g/mol. The molecule has 2 aliphatic heterocycles. The summed E-state index contributed by atoms with van der Waals surface area (Å²) in [5, 5.41) is 0. The lowest BCUT2D eigenvalue weighted by Crippen LogP contribution is -2.41. The van der Waals surface area contributed by atoms with Crippen molar-refractivity contribution in [1.29, 1.82) is 0 Å². The predicted octanol–water partition coefficient (Wildman–Crippen LogP) is 2.96. The molecule has 1 aromatic heterocycles. The van der Waals surface area contributed by atoms with Gasteiger partial charge in [0.1, 0.15) is 0 Å². The van der Waals surface area contributed by atoms with Crippen LogP contribution >= 0.6 is 0 Å². The minimum Gasteiger partial charge on any atom is -0.400 e. The average molecular weight is 367 g/mol. The lowest BCUT2D eigenvalue weighted by Gasteiger charge is -2.32. The standard InChI is InChI=1S/C20H26BN3O3/c1-18(2)15-13(21-26-19(3,4)20(5,6)27-21)9-7-10-14(15)24(16(18)25)17-22-11-8-12-23-17/h7-12,14-15H,1-6H3. The van der Waals surface area contributed by atoms with Crippen molar-refractivity contribution < 1.29 is 14.1 Å². The molecule has 2 atom stereocenters. The summed E-state index contributed by atoms with van der Waals surface area (Å²) in [6, 6.07) is 1.59. The molecule has 0 saturated carbocycles. The van der Waals surface area contributed by atoms with Crippen LogP contribution in [0.25, 0.3) is 0 Å². The van der Waals surface area contributed by atoms with Crippen molar-refractivity contribution in [3.63, 3.8) is 0 Å². The van der Waals surface area contributed by atoms with Gasteiger partial charge in [0.25, 0.3) is 0 Å². The van der Waals surface area contributed by atoms with E-state index in [-0.39, 0.29) is 17.9 Å². The highest BCUT2D eigenvalue weighted by Crippen LogP contribution is 2.51. The second kappa shape index (κ2) is 5.75. The van der Waals surface area contributed by atoms with Crippen LogP contribution < -0.4 is 4.90 Å². The van der Waals surface area contributed by atoms with E-state index in [4.69, 9.17) is 9.31 Å². The second-order valence-corrected chi connectivity index (χ2v) is 9.05. The summed E-state index contributed by atoms with van der Waals surface area (Å²) in [4.78, 5) is 23.6. The van der Waals surface area contributed by atoms with Gasteiger partial charge in [0.2, 0.25) is 11.9 Å². The number of carbonyl (C=O) groups is 1. The molecule has 1 amide bonds. The molecule has 142 valence electrons. The summed E-state index contributed by atoms with van der Waals surface area (Å²) in [6.45, 7) is 12.1. The van der Waals surface area contributed by atoms with Gasteiger partial charge in [0, 0.05) is 18.3 Å². The molecule has 1 aromatic rings. The van der Waals surface area contributed by atoms with Gasteiger partial charge in [-0.2, -0.15) is 0 Å². The molecule has 3 aliphatic rings. The lowest BCUT2D eigenvalue weighted by atomic mass is 9.60. The van der Waals surface area contributed by atoms with Gasteiger partial charge >= 0.3 is 7.12 Å². The van der Waals surface area contributed by atoms with Crippen molar-refractivity contribution >= 4 is 19.0 Å². The zero-order chi connectivity index (χ0) is 19.6. The van der Waals surface area contributed by atoms with Gasteiger partial charge in [-0.25, -0.2) is 9.97 Å². The van der Waals surface area contributed by atoms with Gasteiger partial charge in [-0.15, -0.1) is 0 Å². The fourth-order valence-corrected chi connectivity index (χ4v) is 4.19. The highest BCUT2D eigenvalue weighted by molar-refractivity contribution is 6.55. The van der Waals surface area contributed by atoms with E-state index in [1.54, 1.807) is 23.4 Å². The van der Waals surface area contributed by atoms with E-state index < -0.39 is 23.7 Å². The molecule has 2 saturated heterocycles. The van der Waals surface area contributed by atoms with E-state index in [0.29, 0.717) is 5.95 Å². The van der Waals surface area contributed by atoms with Crippen LogP contribution in [0.4, 0.5) is 5.95 Å². The molecule has 0 N–H and O–H groups in total. The first-order chi connectivity index (χ1) is 12.6. The van der Waals surface area contributed by atoms with Crippen LogP contribution in [0.3, 0.4) is 0 Å². The molecule has 2 unspecified atom stereocenters. The molecular weight excluding hydrogens is 341 g/mol. The van der Waals surface area contributed by atoms with Gasteiger partial charge in [-0.05, 0) is 39.2 Å². The molecule has 0 aromatic carbocycles. The highest BCUT2D eigenvalue weighted by atomic mass is 16.7. The summed E-state index contributed by atoms with van der Waals surface area (Å²) in [5.41, 5.74) is -0.476.